The molecule has 1 saturated heterocycles. The number of carbonyl (C=O) groups is 1. The highest BCUT2D eigenvalue weighted by Gasteiger charge is 2.33. The number of hydrogen-bond acceptors (Lipinski definition) is 2. The van der Waals surface area contributed by atoms with Crippen molar-refractivity contribution in [1.82, 2.24) is 5.32 Å². The number of anilines is 1. The number of benzene rings is 1. The third-order valence-corrected chi connectivity index (χ3v) is 3.66. The summed E-state index contributed by atoms with van der Waals surface area (Å²) in [6.45, 7) is 4.66. The number of amides is 1. The molecule has 20 heavy (non-hydrogen) atoms. The van der Waals surface area contributed by atoms with Gasteiger partial charge in [-0.15, -0.1) is 0 Å². The molecule has 1 aromatic carbocycles. The lowest BCUT2D eigenvalue weighted by Gasteiger charge is -2.16. The van der Waals surface area contributed by atoms with E-state index in [9.17, 15) is 18.0 Å². The molecule has 0 aromatic heterocycles. The van der Waals surface area contributed by atoms with E-state index in [1.807, 2.05) is 6.92 Å². The molecule has 1 heterocycles. The average molecular weight is 286 g/mol. The van der Waals surface area contributed by atoms with Gasteiger partial charge in [-0.1, -0.05) is 13.0 Å². The fourth-order valence-corrected chi connectivity index (χ4v) is 2.40. The second kappa shape index (κ2) is 5.44. The van der Waals surface area contributed by atoms with Crippen LogP contribution in [0.5, 0.6) is 0 Å². The van der Waals surface area contributed by atoms with Gasteiger partial charge in [0.1, 0.15) is 0 Å². The highest BCUT2D eigenvalue weighted by molar-refractivity contribution is 5.93. The maximum absolute atomic E-state index is 12.8. The zero-order chi connectivity index (χ0) is 14.9. The molecule has 1 aliphatic rings. The van der Waals surface area contributed by atoms with Crippen molar-refractivity contribution in [1.29, 1.82) is 0 Å². The molecule has 2 unspecified atom stereocenters. The molecule has 1 amide bonds. The smallest absolute Gasteiger partial charge is 0.326 e. The van der Waals surface area contributed by atoms with Gasteiger partial charge < -0.3 is 10.6 Å². The molecule has 1 fully saturated rings. The Morgan fingerprint density at radius 2 is 2.05 bits per heavy atom. The van der Waals surface area contributed by atoms with Crippen LogP contribution in [0.25, 0.3) is 0 Å². The van der Waals surface area contributed by atoms with Gasteiger partial charge in [-0.2, -0.15) is 13.2 Å². The van der Waals surface area contributed by atoms with E-state index < -0.39 is 11.7 Å². The number of alkyl halides is 3. The number of hydrogen-bond donors (Lipinski definition) is 2. The van der Waals surface area contributed by atoms with Gasteiger partial charge in [0, 0.05) is 12.2 Å². The van der Waals surface area contributed by atoms with Gasteiger partial charge >= 0.3 is 6.18 Å². The molecule has 0 saturated carbocycles. The zero-order valence-corrected chi connectivity index (χ0v) is 11.3. The van der Waals surface area contributed by atoms with Gasteiger partial charge in [-0.05, 0) is 37.1 Å². The molecule has 0 aliphatic carbocycles. The third kappa shape index (κ3) is 3.12. The normalized spacial score (nSPS) is 22.9. The lowest BCUT2D eigenvalue weighted by Crippen LogP contribution is -2.28. The monoisotopic (exact) mass is 286 g/mol. The zero-order valence-electron chi connectivity index (χ0n) is 11.3. The Kier molecular flexibility index (Phi) is 4.04. The molecule has 0 radical (unpaired) electrons. The summed E-state index contributed by atoms with van der Waals surface area (Å²) in [7, 11) is 0. The first-order valence-corrected chi connectivity index (χ1v) is 6.48. The number of rotatable bonds is 2. The quantitative estimate of drug-likeness (QED) is 0.877. The molecule has 1 aromatic rings. The summed E-state index contributed by atoms with van der Waals surface area (Å²) < 4.78 is 38.4. The van der Waals surface area contributed by atoms with Crippen molar-refractivity contribution < 1.29 is 18.0 Å². The SMILES string of the molecule is Cc1ccc(NC(=O)C2CNCC2C)cc1C(F)(F)F. The minimum absolute atomic E-state index is 0.145. The first kappa shape index (κ1) is 14.8. The Labute approximate surface area is 115 Å². The summed E-state index contributed by atoms with van der Waals surface area (Å²) in [6, 6.07) is 3.85. The fraction of sp³-hybridized carbons (Fsp3) is 0.500. The number of nitrogens with one attached hydrogen (secondary N) is 2. The van der Waals surface area contributed by atoms with Crippen LogP contribution in [0.1, 0.15) is 18.1 Å². The largest absolute Gasteiger partial charge is 0.416 e. The predicted octanol–water partition coefficient (Wildman–Crippen LogP) is 2.81. The van der Waals surface area contributed by atoms with E-state index in [1.54, 1.807) is 0 Å². The van der Waals surface area contributed by atoms with Crippen molar-refractivity contribution in [2.75, 3.05) is 18.4 Å². The van der Waals surface area contributed by atoms with Crippen molar-refractivity contribution in [3.63, 3.8) is 0 Å². The third-order valence-electron chi connectivity index (χ3n) is 3.66. The Hall–Kier alpha value is -1.56. The molecular formula is C14H17F3N2O. The maximum atomic E-state index is 12.8. The Morgan fingerprint density at radius 1 is 1.35 bits per heavy atom. The Balaban J connectivity index is 2.16. The summed E-state index contributed by atoms with van der Waals surface area (Å²) in [6.07, 6.45) is -4.41. The first-order chi connectivity index (χ1) is 9.29. The first-order valence-electron chi connectivity index (χ1n) is 6.48. The number of aryl methyl sites for hydroxylation is 1. The summed E-state index contributed by atoms with van der Waals surface area (Å²) >= 11 is 0. The van der Waals surface area contributed by atoms with Crippen molar-refractivity contribution in [3.05, 3.63) is 29.3 Å². The van der Waals surface area contributed by atoms with E-state index >= 15 is 0 Å². The van der Waals surface area contributed by atoms with Crippen LogP contribution in [0.4, 0.5) is 18.9 Å². The summed E-state index contributed by atoms with van der Waals surface area (Å²) in [5.41, 5.74) is -0.383. The van der Waals surface area contributed by atoms with Crippen LogP contribution >= 0.6 is 0 Å². The van der Waals surface area contributed by atoms with E-state index in [2.05, 4.69) is 10.6 Å². The molecule has 110 valence electrons. The fourth-order valence-electron chi connectivity index (χ4n) is 2.40. The van der Waals surface area contributed by atoms with Gasteiger partial charge in [0.25, 0.3) is 0 Å². The predicted molar refractivity (Wildman–Crippen MR) is 70.3 cm³/mol. The van der Waals surface area contributed by atoms with Gasteiger partial charge in [0.05, 0.1) is 11.5 Å². The molecule has 2 rings (SSSR count). The van der Waals surface area contributed by atoms with Gasteiger partial charge in [-0.3, -0.25) is 4.79 Å². The van der Waals surface area contributed by atoms with E-state index in [0.717, 1.165) is 12.6 Å². The molecule has 2 atom stereocenters. The number of halogens is 3. The molecule has 1 aliphatic heterocycles. The molecule has 0 bridgehead atoms. The summed E-state index contributed by atoms with van der Waals surface area (Å²) in [4.78, 5) is 12.0. The van der Waals surface area contributed by atoms with Crippen molar-refractivity contribution in [2.45, 2.75) is 20.0 Å². The maximum Gasteiger partial charge on any atom is 0.416 e. The average Bonchev–Trinajstić information content (AvgIpc) is 2.76. The minimum atomic E-state index is -4.41. The highest BCUT2D eigenvalue weighted by Crippen LogP contribution is 2.33. The van der Waals surface area contributed by atoms with Crippen LogP contribution in [0.3, 0.4) is 0 Å². The van der Waals surface area contributed by atoms with Crippen molar-refractivity contribution in [3.8, 4) is 0 Å². The topological polar surface area (TPSA) is 41.1 Å². The van der Waals surface area contributed by atoms with E-state index in [-0.39, 0.29) is 29.0 Å². The lowest BCUT2D eigenvalue weighted by atomic mass is 9.97. The lowest BCUT2D eigenvalue weighted by molar-refractivity contribution is -0.138. The second-order valence-corrected chi connectivity index (χ2v) is 5.26. The molecule has 3 nitrogen and oxygen atoms in total. The van der Waals surface area contributed by atoms with Crippen LogP contribution in [-0.4, -0.2) is 19.0 Å². The Morgan fingerprint density at radius 3 is 2.60 bits per heavy atom. The highest BCUT2D eigenvalue weighted by atomic mass is 19.4. The van der Waals surface area contributed by atoms with Crippen molar-refractivity contribution in [2.24, 2.45) is 11.8 Å². The minimum Gasteiger partial charge on any atom is -0.326 e. The standard InChI is InChI=1S/C14H17F3N2O/c1-8-3-4-10(5-12(8)14(15,16)17)19-13(20)11-7-18-6-9(11)2/h3-5,9,11,18H,6-7H2,1-2H3,(H,19,20). The molecule has 2 N–H and O–H groups in total. The van der Waals surface area contributed by atoms with Crippen LogP contribution in [0.2, 0.25) is 0 Å². The molecule has 0 spiro atoms. The summed E-state index contributed by atoms with van der Waals surface area (Å²) in [5, 5.41) is 5.67. The van der Waals surface area contributed by atoms with E-state index in [1.165, 1.54) is 19.1 Å². The van der Waals surface area contributed by atoms with Crippen LogP contribution in [0.15, 0.2) is 18.2 Å². The second-order valence-electron chi connectivity index (χ2n) is 5.26. The van der Waals surface area contributed by atoms with E-state index in [4.69, 9.17) is 0 Å². The van der Waals surface area contributed by atoms with Crippen molar-refractivity contribution >= 4 is 11.6 Å². The molecular weight excluding hydrogens is 269 g/mol. The van der Waals surface area contributed by atoms with E-state index in [0.29, 0.717) is 6.54 Å². The van der Waals surface area contributed by atoms with Gasteiger partial charge in [0.15, 0.2) is 0 Å². The van der Waals surface area contributed by atoms with Crippen LogP contribution in [-0.2, 0) is 11.0 Å². The Bertz CT molecular complexity index is 514. The molecule has 6 heteroatoms. The van der Waals surface area contributed by atoms with Crippen LogP contribution < -0.4 is 10.6 Å². The number of carbonyl (C=O) groups excluding carboxylic acids is 1. The summed E-state index contributed by atoms with van der Waals surface area (Å²) in [5.74, 6) is -0.257. The van der Waals surface area contributed by atoms with Gasteiger partial charge in [0.2, 0.25) is 5.91 Å². The van der Waals surface area contributed by atoms with Gasteiger partial charge in [-0.25, -0.2) is 0 Å². The van der Waals surface area contributed by atoms with Crippen LogP contribution in [0, 0.1) is 18.8 Å².